The lowest BCUT2D eigenvalue weighted by Crippen LogP contribution is -2.16. The van der Waals surface area contributed by atoms with Crippen LogP contribution in [0.1, 0.15) is 32.6 Å². The summed E-state index contributed by atoms with van der Waals surface area (Å²) in [6, 6.07) is 0. The summed E-state index contributed by atoms with van der Waals surface area (Å²) in [7, 11) is 0. The fourth-order valence-corrected chi connectivity index (χ4v) is 3.62. The molecule has 0 aromatic heterocycles. The zero-order valence-electron chi connectivity index (χ0n) is 10.1. The third kappa shape index (κ3) is 6.27. The molecule has 0 aromatic rings. The maximum Gasteiger partial charge on any atom is 0.142 e. The highest BCUT2D eigenvalue weighted by atomic mass is 32.2. The van der Waals surface area contributed by atoms with Crippen LogP contribution in [0.2, 0.25) is 0 Å². The van der Waals surface area contributed by atoms with Crippen LogP contribution in [0, 0.1) is 5.92 Å². The normalized spacial score (nSPS) is 21.7. The Hall–Kier alpha value is -0.290. The summed E-state index contributed by atoms with van der Waals surface area (Å²) in [5.74, 6) is 1.43. The van der Waals surface area contributed by atoms with Crippen molar-refractivity contribution in [3.63, 3.8) is 0 Å². The monoisotopic (exact) mass is 274 g/mol. The first-order chi connectivity index (χ1) is 8.09. The maximum absolute atomic E-state index is 11.5. The Bertz CT molecular complexity index is 280. The number of carbonyl (C=O) groups excluding carboxylic acids is 3. The van der Waals surface area contributed by atoms with Gasteiger partial charge in [0.1, 0.15) is 17.3 Å². The Morgan fingerprint density at radius 2 is 1.53 bits per heavy atom. The van der Waals surface area contributed by atoms with Gasteiger partial charge in [-0.3, -0.25) is 14.4 Å². The van der Waals surface area contributed by atoms with Crippen molar-refractivity contribution < 1.29 is 14.4 Å². The minimum Gasteiger partial charge on any atom is -0.300 e. The van der Waals surface area contributed by atoms with Crippen molar-refractivity contribution in [1.82, 2.24) is 0 Å². The molecule has 0 N–H and O–H groups in total. The van der Waals surface area contributed by atoms with Crippen molar-refractivity contribution in [3.8, 4) is 0 Å². The van der Waals surface area contributed by atoms with Crippen molar-refractivity contribution >= 4 is 40.9 Å². The molecule has 1 rings (SSSR count). The molecule has 1 fully saturated rings. The van der Waals surface area contributed by atoms with E-state index in [4.69, 9.17) is 0 Å². The summed E-state index contributed by atoms with van der Waals surface area (Å²) in [5.41, 5.74) is 0. The highest BCUT2D eigenvalue weighted by Gasteiger charge is 2.18. The first-order valence-electron chi connectivity index (χ1n) is 5.79. The Kier molecular flexibility index (Phi) is 6.89. The zero-order valence-corrected chi connectivity index (χ0v) is 11.7. The van der Waals surface area contributed by atoms with Crippen LogP contribution in [0.3, 0.4) is 0 Å². The molecular weight excluding hydrogens is 256 g/mol. The van der Waals surface area contributed by atoms with E-state index >= 15 is 0 Å². The SMILES string of the molecule is CC(=O)C1CCC(=O)CSCSCC(=O)CC1. The molecule has 1 heterocycles. The third-order valence-electron chi connectivity index (χ3n) is 2.81. The maximum atomic E-state index is 11.5. The third-order valence-corrected chi connectivity index (χ3v) is 5.20. The molecule has 1 saturated heterocycles. The van der Waals surface area contributed by atoms with Gasteiger partial charge in [-0.25, -0.2) is 0 Å². The van der Waals surface area contributed by atoms with Crippen molar-refractivity contribution in [3.05, 3.63) is 0 Å². The zero-order chi connectivity index (χ0) is 12.7. The molecule has 17 heavy (non-hydrogen) atoms. The van der Waals surface area contributed by atoms with Crippen LogP contribution in [-0.2, 0) is 14.4 Å². The molecule has 0 unspecified atom stereocenters. The number of hydrogen-bond donors (Lipinski definition) is 0. The van der Waals surface area contributed by atoms with E-state index in [1.54, 1.807) is 30.4 Å². The van der Waals surface area contributed by atoms with Crippen LogP contribution in [0.5, 0.6) is 0 Å². The van der Waals surface area contributed by atoms with Crippen LogP contribution < -0.4 is 0 Å². The molecular formula is C12H18O3S2. The smallest absolute Gasteiger partial charge is 0.142 e. The second kappa shape index (κ2) is 7.93. The van der Waals surface area contributed by atoms with Crippen LogP contribution in [-0.4, -0.2) is 33.9 Å². The Morgan fingerprint density at radius 1 is 1.06 bits per heavy atom. The van der Waals surface area contributed by atoms with E-state index in [1.807, 2.05) is 0 Å². The van der Waals surface area contributed by atoms with Gasteiger partial charge in [-0.05, 0) is 19.8 Å². The first kappa shape index (κ1) is 14.8. The average Bonchev–Trinajstić information content (AvgIpc) is 2.26. The second-order valence-electron chi connectivity index (χ2n) is 4.28. The predicted octanol–water partition coefficient (Wildman–Crippen LogP) is 2.33. The topological polar surface area (TPSA) is 51.2 Å². The van der Waals surface area contributed by atoms with Gasteiger partial charge in [-0.15, -0.1) is 23.5 Å². The molecule has 0 spiro atoms. The van der Waals surface area contributed by atoms with E-state index in [9.17, 15) is 14.4 Å². The van der Waals surface area contributed by atoms with Gasteiger partial charge in [-0.2, -0.15) is 0 Å². The minimum atomic E-state index is -0.114. The molecule has 0 amide bonds. The quantitative estimate of drug-likeness (QED) is 0.734. The fraction of sp³-hybridized carbons (Fsp3) is 0.750. The van der Waals surface area contributed by atoms with Crippen LogP contribution >= 0.6 is 23.5 Å². The highest BCUT2D eigenvalue weighted by molar-refractivity contribution is 8.16. The fourth-order valence-electron chi connectivity index (χ4n) is 1.74. The largest absolute Gasteiger partial charge is 0.300 e. The Balaban J connectivity index is 2.53. The van der Waals surface area contributed by atoms with Gasteiger partial charge < -0.3 is 0 Å². The van der Waals surface area contributed by atoms with E-state index in [0.29, 0.717) is 37.2 Å². The van der Waals surface area contributed by atoms with Gasteiger partial charge >= 0.3 is 0 Å². The van der Waals surface area contributed by atoms with Crippen LogP contribution in [0.4, 0.5) is 0 Å². The van der Waals surface area contributed by atoms with Gasteiger partial charge in [0.05, 0.1) is 11.5 Å². The van der Waals surface area contributed by atoms with Crippen LogP contribution in [0.15, 0.2) is 0 Å². The van der Waals surface area contributed by atoms with Gasteiger partial charge in [0.15, 0.2) is 0 Å². The molecule has 0 aromatic carbocycles. The first-order valence-corrected chi connectivity index (χ1v) is 8.10. The lowest BCUT2D eigenvalue weighted by Gasteiger charge is -2.13. The van der Waals surface area contributed by atoms with Gasteiger partial charge in [0.25, 0.3) is 0 Å². The molecule has 1 aliphatic heterocycles. The second-order valence-corrected chi connectivity index (χ2v) is 6.61. The molecule has 1 aliphatic rings. The number of Topliss-reactive ketones (excluding diaryl/α,β-unsaturated/α-hetero) is 3. The van der Waals surface area contributed by atoms with E-state index in [0.717, 1.165) is 5.08 Å². The van der Waals surface area contributed by atoms with Crippen LogP contribution in [0.25, 0.3) is 0 Å². The number of carbonyl (C=O) groups is 3. The number of ketones is 3. The van der Waals surface area contributed by atoms with E-state index in [2.05, 4.69) is 0 Å². The summed E-state index contributed by atoms with van der Waals surface area (Å²) >= 11 is 3.13. The lowest BCUT2D eigenvalue weighted by molar-refractivity contribution is -0.122. The molecule has 3 nitrogen and oxygen atoms in total. The average molecular weight is 274 g/mol. The molecule has 0 bridgehead atoms. The molecule has 0 radical (unpaired) electrons. The van der Waals surface area contributed by atoms with Crippen molar-refractivity contribution in [2.75, 3.05) is 16.6 Å². The summed E-state index contributed by atoms with van der Waals surface area (Å²) in [5, 5.41) is 0.799. The molecule has 5 heteroatoms. The standard InChI is InChI=1S/C12H18O3S2/c1-9(13)10-2-4-11(14)6-16-8-17-7-12(15)5-3-10/h10H,2-8H2,1H3. The minimum absolute atomic E-state index is 0.1000. The van der Waals surface area contributed by atoms with E-state index < -0.39 is 0 Å². The summed E-state index contributed by atoms with van der Waals surface area (Å²) in [6.45, 7) is 1.55. The summed E-state index contributed by atoms with van der Waals surface area (Å²) in [6.07, 6.45) is 2.15. The molecule has 0 atom stereocenters. The summed E-state index contributed by atoms with van der Waals surface area (Å²) in [4.78, 5) is 34.4. The van der Waals surface area contributed by atoms with E-state index in [-0.39, 0.29) is 23.3 Å². The summed E-state index contributed by atoms with van der Waals surface area (Å²) < 4.78 is 0. The number of thioether (sulfide) groups is 2. The van der Waals surface area contributed by atoms with Crippen molar-refractivity contribution in [2.45, 2.75) is 32.6 Å². The van der Waals surface area contributed by atoms with E-state index in [1.165, 1.54) is 0 Å². The van der Waals surface area contributed by atoms with Gasteiger partial charge in [-0.1, -0.05) is 0 Å². The molecule has 0 aliphatic carbocycles. The van der Waals surface area contributed by atoms with Gasteiger partial charge in [0, 0.05) is 23.8 Å². The molecule has 96 valence electrons. The molecule has 0 saturated carbocycles. The Labute approximate surface area is 110 Å². The highest BCUT2D eigenvalue weighted by Crippen LogP contribution is 2.20. The lowest BCUT2D eigenvalue weighted by atomic mass is 9.92. The predicted molar refractivity (Wildman–Crippen MR) is 72.4 cm³/mol. The van der Waals surface area contributed by atoms with Gasteiger partial charge in [0.2, 0.25) is 0 Å². The van der Waals surface area contributed by atoms with Crippen molar-refractivity contribution in [2.24, 2.45) is 5.92 Å². The number of hydrogen-bond acceptors (Lipinski definition) is 5. The number of rotatable bonds is 1. The van der Waals surface area contributed by atoms with Crippen molar-refractivity contribution in [1.29, 1.82) is 0 Å². The Morgan fingerprint density at radius 3 is 1.94 bits per heavy atom.